The molecule has 5 rings (SSSR count). The van der Waals surface area contributed by atoms with Gasteiger partial charge in [-0.1, -0.05) is 0 Å². The molecule has 0 saturated carbocycles. The van der Waals surface area contributed by atoms with Crippen molar-refractivity contribution in [2.75, 3.05) is 13.7 Å². The third kappa shape index (κ3) is 3.88. The second kappa shape index (κ2) is 8.49. The van der Waals surface area contributed by atoms with Gasteiger partial charge in [-0.05, 0) is 18.2 Å². The van der Waals surface area contributed by atoms with E-state index in [9.17, 15) is 18.0 Å². The Morgan fingerprint density at radius 2 is 1.91 bits per heavy atom. The minimum absolute atomic E-state index is 0.0467. The third-order valence-corrected chi connectivity index (χ3v) is 5.83. The van der Waals surface area contributed by atoms with Crippen molar-refractivity contribution in [2.24, 2.45) is 7.05 Å². The van der Waals surface area contributed by atoms with Crippen LogP contribution in [-0.2, 0) is 31.1 Å². The van der Waals surface area contributed by atoms with Crippen molar-refractivity contribution in [2.45, 2.75) is 19.3 Å². The summed E-state index contributed by atoms with van der Waals surface area (Å²) in [7, 11) is 3.35. The van der Waals surface area contributed by atoms with Crippen molar-refractivity contribution in [1.29, 1.82) is 0 Å². The minimum Gasteiger partial charge on any atom is -0.480 e. The van der Waals surface area contributed by atoms with Gasteiger partial charge in [0.2, 0.25) is 17.6 Å². The molecule has 0 bridgehead atoms. The van der Waals surface area contributed by atoms with Gasteiger partial charge in [-0.15, -0.1) is 10.2 Å². The fourth-order valence-electron chi connectivity index (χ4n) is 4.25. The largest absolute Gasteiger partial charge is 0.480 e. The van der Waals surface area contributed by atoms with Crippen molar-refractivity contribution < 1.29 is 22.7 Å². The molecule has 4 aromatic rings. The van der Waals surface area contributed by atoms with Gasteiger partial charge >= 0.3 is 6.18 Å². The van der Waals surface area contributed by atoms with E-state index in [1.165, 1.54) is 24.4 Å². The molecular weight excluding hydrogens is 465 g/mol. The fourth-order valence-corrected chi connectivity index (χ4v) is 4.25. The van der Waals surface area contributed by atoms with Crippen LogP contribution >= 0.6 is 0 Å². The van der Waals surface area contributed by atoms with E-state index in [4.69, 9.17) is 4.74 Å². The van der Waals surface area contributed by atoms with Crippen LogP contribution in [0, 0.1) is 0 Å². The summed E-state index contributed by atoms with van der Waals surface area (Å²) in [5.74, 6) is -0.993. The van der Waals surface area contributed by atoms with Crippen LogP contribution in [0.2, 0.25) is 0 Å². The average molecular weight is 484 g/mol. The lowest BCUT2D eigenvalue weighted by atomic mass is 10.1. The Kier molecular flexibility index (Phi) is 5.46. The number of hydrogen-bond donors (Lipinski definition) is 0. The van der Waals surface area contributed by atoms with E-state index in [0.717, 1.165) is 15.8 Å². The predicted octanol–water partition coefficient (Wildman–Crippen LogP) is 2.70. The summed E-state index contributed by atoms with van der Waals surface area (Å²) in [4.78, 5) is 27.1. The first-order chi connectivity index (χ1) is 16.8. The Morgan fingerprint density at radius 3 is 2.63 bits per heavy atom. The number of fused-ring (bicyclic) bond motifs is 2. The molecule has 35 heavy (non-hydrogen) atoms. The molecule has 4 aromatic heterocycles. The second-order valence-corrected chi connectivity index (χ2v) is 7.82. The molecule has 10 nitrogen and oxygen atoms in total. The highest BCUT2D eigenvalue weighted by atomic mass is 19.4. The lowest BCUT2D eigenvalue weighted by Crippen LogP contribution is -2.38. The number of aromatic nitrogens is 7. The van der Waals surface area contributed by atoms with Crippen LogP contribution in [0.4, 0.5) is 13.2 Å². The number of halogens is 3. The molecule has 0 radical (unpaired) electrons. The van der Waals surface area contributed by atoms with Gasteiger partial charge in [0.15, 0.2) is 5.82 Å². The zero-order valence-electron chi connectivity index (χ0n) is 18.7. The maximum Gasteiger partial charge on any atom is 0.451 e. The predicted molar refractivity (Wildman–Crippen MR) is 118 cm³/mol. The topological polar surface area (TPSA) is 104 Å². The molecule has 5 heterocycles. The van der Waals surface area contributed by atoms with E-state index in [1.54, 1.807) is 18.5 Å². The van der Waals surface area contributed by atoms with Gasteiger partial charge in [-0.25, -0.2) is 9.97 Å². The molecule has 1 amide bonds. The number of aryl methyl sites for hydroxylation is 1. The van der Waals surface area contributed by atoms with Crippen LogP contribution < -0.4 is 4.74 Å². The number of hydrogen-bond acceptors (Lipinski definition) is 7. The van der Waals surface area contributed by atoms with E-state index in [1.807, 2.05) is 23.7 Å². The molecule has 0 spiro atoms. The van der Waals surface area contributed by atoms with Crippen LogP contribution in [0.5, 0.6) is 5.88 Å². The fraction of sp³-hybridized carbons (Fsp3) is 0.273. The standard InChI is InChI=1S/C22H19F3N8O2/c1-31-18(13-5-7-26-8-6-13)14(17-19(31)27-12-28-20(17)35-2)3-4-16(34)32-9-10-33-15(11-32)29-30-21(33)22(23,24)25/h3-8,12H,9-11H2,1-2H3/b4-3+. The van der Waals surface area contributed by atoms with Gasteiger partial charge in [0.1, 0.15) is 12.0 Å². The van der Waals surface area contributed by atoms with Crippen molar-refractivity contribution in [3.8, 4) is 17.1 Å². The highest BCUT2D eigenvalue weighted by Crippen LogP contribution is 2.37. The number of carbonyl (C=O) groups excluding carboxylic acids is 1. The van der Waals surface area contributed by atoms with Gasteiger partial charge in [0.05, 0.1) is 24.7 Å². The molecule has 1 aliphatic heterocycles. The highest BCUT2D eigenvalue weighted by molar-refractivity contribution is 6.02. The molecule has 0 aliphatic carbocycles. The Labute approximate surface area is 196 Å². The Balaban J connectivity index is 1.51. The van der Waals surface area contributed by atoms with Crippen LogP contribution in [0.1, 0.15) is 17.2 Å². The van der Waals surface area contributed by atoms with Gasteiger partial charge in [-0.2, -0.15) is 13.2 Å². The number of rotatable bonds is 4. The van der Waals surface area contributed by atoms with Gasteiger partial charge < -0.3 is 18.8 Å². The first-order valence-corrected chi connectivity index (χ1v) is 10.5. The van der Waals surface area contributed by atoms with Crippen molar-refractivity contribution in [1.82, 2.24) is 39.2 Å². The van der Waals surface area contributed by atoms with E-state index in [0.29, 0.717) is 22.5 Å². The summed E-state index contributed by atoms with van der Waals surface area (Å²) >= 11 is 0. The normalized spacial score (nSPS) is 14.0. The number of pyridine rings is 1. The Morgan fingerprint density at radius 1 is 1.14 bits per heavy atom. The number of nitrogens with zero attached hydrogens (tertiary/aromatic N) is 8. The van der Waals surface area contributed by atoms with Crippen molar-refractivity contribution in [3.63, 3.8) is 0 Å². The number of alkyl halides is 3. The molecule has 0 aromatic carbocycles. The van der Waals surface area contributed by atoms with Crippen molar-refractivity contribution >= 4 is 23.0 Å². The summed E-state index contributed by atoms with van der Waals surface area (Å²) in [6, 6.07) is 3.67. The van der Waals surface area contributed by atoms with E-state index >= 15 is 0 Å². The number of amides is 1. The van der Waals surface area contributed by atoms with E-state index < -0.39 is 12.0 Å². The Hall–Kier alpha value is -4.29. The average Bonchev–Trinajstić information content (AvgIpc) is 3.41. The zero-order chi connectivity index (χ0) is 24.7. The SMILES string of the molecule is COc1ncnc2c1c(/C=C/C(=O)N1CCn3c(nnc3C(F)(F)F)C1)c(-c1ccncc1)n2C. The summed E-state index contributed by atoms with van der Waals surface area (Å²) < 4.78 is 47.6. The molecule has 1 aliphatic rings. The molecule has 0 N–H and O–H groups in total. The third-order valence-electron chi connectivity index (χ3n) is 5.83. The zero-order valence-corrected chi connectivity index (χ0v) is 18.7. The maximum absolute atomic E-state index is 13.1. The van der Waals surface area contributed by atoms with Crippen LogP contribution in [0.3, 0.4) is 0 Å². The molecule has 180 valence electrons. The monoisotopic (exact) mass is 484 g/mol. The summed E-state index contributed by atoms with van der Waals surface area (Å²) in [6.45, 7) is -0.0309. The van der Waals surface area contributed by atoms with E-state index in [2.05, 4.69) is 25.1 Å². The number of carbonyl (C=O) groups is 1. The van der Waals surface area contributed by atoms with Crippen LogP contribution in [0.25, 0.3) is 28.4 Å². The molecule has 0 unspecified atom stereocenters. The second-order valence-electron chi connectivity index (χ2n) is 7.82. The first kappa shape index (κ1) is 22.5. The molecule has 0 fully saturated rings. The summed E-state index contributed by atoms with van der Waals surface area (Å²) in [6.07, 6.45) is 3.14. The van der Waals surface area contributed by atoms with Gasteiger partial charge in [0.25, 0.3) is 0 Å². The lowest BCUT2D eigenvalue weighted by Gasteiger charge is -2.27. The summed E-state index contributed by atoms with van der Waals surface area (Å²) in [5, 5.41) is 7.51. The van der Waals surface area contributed by atoms with Crippen molar-refractivity contribution in [3.05, 3.63) is 54.1 Å². The molecule has 0 atom stereocenters. The number of ether oxygens (including phenoxy) is 1. The summed E-state index contributed by atoms with van der Waals surface area (Å²) in [5.41, 5.74) is 2.90. The molecular formula is C22H19F3N8O2. The van der Waals surface area contributed by atoms with Crippen LogP contribution in [0.15, 0.2) is 36.9 Å². The first-order valence-electron chi connectivity index (χ1n) is 10.5. The lowest BCUT2D eigenvalue weighted by molar-refractivity contribution is -0.148. The Bertz CT molecular complexity index is 1440. The van der Waals surface area contributed by atoms with Gasteiger partial charge in [-0.3, -0.25) is 9.78 Å². The quantitative estimate of drug-likeness (QED) is 0.410. The molecule has 0 saturated heterocycles. The molecule has 13 heteroatoms. The van der Waals surface area contributed by atoms with E-state index in [-0.39, 0.29) is 31.4 Å². The smallest absolute Gasteiger partial charge is 0.451 e. The van der Waals surface area contributed by atoms with Crippen LogP contribution in [-0.4, -0.2) is 58.7 Å². The van der Waals surface area contributed by atoms with Gasteiger partial charge in [0, 0.05) is 49.7 Å². The highest BCUT2D eigenvalue weighted by Gasteiger charge is 2.39. The minimum atomic E-state index is -4.60. The number of methoxy groups -OCH3 is 1. The maximum atomic E-state index is 13.1.